The van der Waals surface area contributed by atoms with Crippen molar-refractivity contribution in [2.75, 3.05) is 21.3 Å². The number of aromatic nitrogens is 4. The Labute approximate surface area is 162 Å². The zero-order valence-corrected chi connectivity index (χ0v) is 16.3. The van der Waals surface area contributed by atoms with E-state index in [1.807, 2.05) is 0 Å². The van der Waals surface area contributed by atoms with Gasteiger partial charge in [-0.05, 0) is 46.8 Å². The van der Waals surface area contributed by atoms with Gasteiger partial charge in [0.15, 0.2) is 5.82 Å². The molecule has 0 aliphatic rings. The first-order valence-corrected chi connectivity index (χ1v) is 9.60. The highest BCUT2D eigenvalue weighted by Crippen LogP contribution is 2.28. The third-order valence-corrected chi connectivity index (χ3v) is 5.35. The normalized spacial score (nSPS) is 11.2. The number of sulfonamides is 1. The fourth-order valence-corrected chi connectivity index (χ4v) is 3.63. The number of ether oxygens (including phenoxy) is 3. The van der Waals surface area contributed by atoms with Crippen molar-refractivity contribution in [3.63, 3.8) is 0 Å². The van der Waals surface area contributed by atoms with Gasteiger partial charge in [-0.1, -0.05) is 0 Å². The summed E-state index contributed by atoms with van der Waals surface area (Å²) in [7, 11) is 0.510. The lowest BCUT2D eigenvalue weighted by Gasteiger charge is -2.12. The summed E-state index contributed by atoms with van der Waals surface area (Å²) in [5.41, 5.74) is 0.666. The van der Waals surface area contributed by atoms with Crippen molar-refractivity contribution in [1.82, 2.24) is 24.9 Å². The van der Waals surface area contributed by atoms with Gasteiger partial charge in [0.2, 0.25) is 10.0 Å². The summed E-state index contributed by atoms with van der Waals surface area (Å²) in [6, 6.07) is 11.6. The van der Waals surface area contributed by atoms with Crippen LogP contribution in [0.4, 0.5) is 0 Å². The second-order valence-electron chi connectivity index (χ2n) is 5.55. The van der Waals surface area contributed by atoms with E-state index >= 15 is 0 Å². The minimum atomic E-state index is -3.91. The van der Waals surface area contributed by atoms with Gasteiger partial charge in [-0.25, -0.2) is 13.1 Å². The van der Waals surface area contributed by atoms with Crippen LogP contribution in [0.1, 0.15) is 5.82 Å². The summed E-state index contributed by atoms with van der Waals surface area (Å²) in [5, 5.41) is 11.4. The Morgan fingerprint density at radius 1 is 0.964 bits per heavy atom. The van der Waals surface area contributed by atoms with Crippen molar-refractivity contribution in [1.29, 1.82) is 0 Å². The molecule has 148 valence electrons. The van der Waals surface area contributed by atoms with Gasteiger partial charge in [0, 0.05) is 6.07 Å². The molecule has 0 radical (unpaired) electrons. The number of nitrogens with zero attached hydrogens (tertiary/aromatic N) is 4. The second kappa shape index (κ2) is 8.23. The average molecular weight is 405 g/mol. The predicted octanol–water partition coefficient (Wildman–Crippen LogP) is 1.17. The number of hydrogen-bond acceptors (Lipinski definition) is 8. The van der Waals surface area contributed by atoms with E-state index in [9.17, 15) is 8.42 Å². The SMILES string of the molecule is COc1ccc(-n2nnnc2CNS(=O)(=O)c2cc(OC)ccc2OC)cc1. The molecule has 10 nitrogen and oxygen atoms in total. The molecular formula is C17H19N5O5S. The third-order valence-electron chi connectivity index (χ3n) is 3.93. The molecular weight excluding hydrogens is 386 g/mol. The molecule has 3 aromatic rings. The average Bonchev–Trinajstić information content (AvgIpc) is 3.20. The first kappa shape index (κ1) is 19.6. The Bertz CT molecular complexity index is 1050. The van der Waals surface area contributed by atoms with Crippen LogP contribution in [0.5, 0.6) is 17.2 Å². The smallest absolute Gasteiger partial charge is 0.244 e. The fraction of sp³-hybridized carbons (Fsp3) is 0.235. The van der Waals surface area contributed by atoms with Gasteiger partial charge in [-0.3, -0.25) is 0 Å². The largest absolute Gasteiger partial charge is 0.497 e. The molecule has 0 aliphatic carbocycles. The first-order valence-electron chi connectivity index (χ1n) is 8.12. The molecule has 0 saturated heterocycles. The lowest BCUT2D eigenvalue weighted by molar-refractivity contribution is 0.392. The molecule has 0 saturated carbocycles. The highest BCUT2D eigenvalue weighted by atomic mass is 32.2. The van der Waals surface area contributed by atoms with Gasteiger partial charge in [-0.15, -0.1) is 5.10 Å². The lowest BCUT2D eigenvalue weighted by atomic mass is 10.3. The van der Waals surface area contributed by atoms with E-state index in [1.165, 1.54) is 31.0 Å². The Hall–Kier alpha value is -3.18. The Morgan fingerprint density at radius 2 is 1.64 bits per heavy atom. The van der Waals surface area contributed by atoms with Crippen molar-refractivity contribution in [3.8, 4) is 22.9 Å². The van der Waals surface area contributed by atoms with E-state index in [1.54, 1.807) is 37.4 Å². The van der Waals surface area contributed by atoms with E-state index in [-0.39, 0.29) is 17.2 Å². The summed E-state index contributed by atoms with van der Waals surface area (Å²) in [6.07, 6.45) is 0. The first-order chi connectivity index (χ1) is 13.5. The number of tetrazole rings is 1. The molecule has 1 aromatic heterocycles. The maximum Gasteiger partial charge on any atom is 0.244 e. The molecule has 0 aliphatic heterocycles. The number of hydrogen-bond donors (Lipinski definition) is 1. The standard InChI is InChI=1S/C17H19N5O5S/c1-25-13-6-4-12(5-7-13)22-17(19-20-21-22)11-18-28(23,24)16-10-14(26-2)8-9-15(16)27-3/h4-10,18H,11H2,1-3H3. The van der Waals surface area contributed by atoms with Crippen LogP contribution in [0.3, 0.4) is 0 Å². The maximum atomic E-state index is 12.8. The number of benzene rings is 2. The minimum absolute atomic E-state index is 0.0437. The number of rotatable bonds is 8. The maximum absolute atomic E-state index is 12.8. The van der Waals surface area contributed by atoms with E-state index in [2.05, 4.69) is 20.2 Å². The third kappa shape index (κ3) is 4.05. The second-order valence-corrected chi connectivity index (χ2v) is 7.28. The summed E-state index contributed by atoms with van der Waals surface area (Å²) >= 11 is 0. The monoisotopic (exact) mass is 405 g/mol. The number of methoxy groups -OCH3 is 3. The van der Waals surface area contributed by atoms with Crippen LogP contribution in [0.2, 0.25) is 0 Å². The van der Waals surface area contributed by atoms with E-state index < -0.39 is 10.0 Å². The van der Waals surface area contributed by atoms with Crippen LogP contribution in [-0.2, 0) is 16.6 Å². The van der Waals surface area contributed by atoms with Crippen LogP contribution in [0.25, 0.3) is 5.69 Å². The Morgan fingerprint density at radius 3 is 2.29 bits per heavy atom. The zero-order chi connectivity index (χ0) is 20.1. The summed E-state index contributed by atoms with van der Waals surface area (Å²) in [5.74, 6) is 1.59. The highest BCUT2D eigenvalue weighted by molar-refractivity contribution is 7.89. The molecule has 1 heterocycles. The molecule has 28 heavy (non-hydrogen) atoms. The summed E-state index contributed by atoms with van der Waals surface area (Å²) in [4.78, 5) is -0.0437. The van der Waals surface area contributed by atoms with Crippen molar-refractivity contribution in [3.05, 3.63) is 48.3 Å². The molecule has 2 aromatic carbocycles. The molecule has 0 spiro atoms. The van der Waals surface area contributed by atoms with E-state index in [0.717, 1.165) is 0 Å². The van der Waals surface area contributed by atoms with Crippen LogP contribution in [-0.4, -0.2) is 50.0 Å². The van der Waals surface area contributed by atoms with Gasteiger partial charge in [0.05, 0.1) is 33.6 Å². The summed E-state index contributed by atoms with van der Waals surface area (Å²) in [6.45, 7) is -0.123. The van der Waals surface area contributed by atoms with Crippen molar-refractivity contribution < 1.29 is 22.6 Å². The van der Waals surface area contributed by atoms with Crippen LogP contribution in [0.15, 0.2) is 47.4 Å². The highest BCUT2D eigenvalue weighted by Gasteiger charge is 2.22. The molecule has 0 atom stereocenters. The molecule has 0 unspecified atom stereocenters. The molecule has 0 amide bonds. The van der Waals surface area contributed by atoms with Gasteiger partial charge in [-0.2, -0.15) is 4.68 Å². The fourth-order valence-electron chi connectivity index (χ4n) is 2.47. The van der Waals surface area contributed by atoms with Crippen molar-refractivity contribution >= 4 is 10.0 Å². The topological polar surface area (TPSA) is 117 Å². The van der Waals surface area contributed by atoms with Crippen LogP contribution in [0, 0.1) is 0 Å². The van der Waals surface area contributed by atoms with Gasteiger partial charge in [0.25, 0.3) is 0 Å². The molecule has 0 bridgehead atoms. The van der Waals surface area contributed by atoms with Gasteiger partial charge < -0.3 is 14.2 Å². The quantitative estimate of drug-likeness (QED) is 0.593. The van der Waals surface area contributed by atoms with Crippen LogP contribution < -0.4 is 18.9 Å². The van der Waals surface area contributed by atoms with Crippen LogP contribution >= 0.6 is 0 Å². The summed E-state index contributed by atoms with van der Waals surface area (Å²) < 4.78 is 44.8. The minimum Gasteiger partial charge on any atom is -0.497 e. The Kier molecular flexibility index (Phi) is 5.76. The Balaban J connectivity index is 1.84. The molecule has 11 heteroatoms. The molecule has 1 N–H and O–H groups in total. The lowest BCUT2D eigenvalue weighted by Crippen LogP contribution is -2.25. The van der Waals surface area contributed by atoms with Gasteiger partial charge >= 0.3 is 0 Å². The van der Waals surface area contributed by atoms with Crippen molar-refractivity contribution in [2.24, 2.45) is 0 Å². The zero-order valence-electron chi connectivity index (χ0n) is 15.5. The van der Waals surface area contributed by atoms with Crippen molar-refractivity contribution in [2.45, 2.75) is 11.4 Å². The number of nitrogens with one attached hydrogen (secondary N) is 1. The van der Waals surface area contributed by atoms with E-state index in [0.29, 0.717) is 23.0 Å². The van der Waals surface area contributed by atoms with Gasteiger partial charge in [0.1, 0.15) is 22.1 Å². The predicted molar refractivity (Wildman–Crippen MR) is 99.3 cm³/mol. The molecule has 3 rings (SSSR count). The molecule has 0 fully saturated rings. The van der Waals surface area contributed by atoms with E-state index in [4.69, 9.17) is 14.2 Å².